The largest absolute Gasteiger partial charge is 0.519 e. The topological polar surface area (TPSA) is 142 Å². The van der Waals surface area contributed by atoms with E-state index in [1.54, 1.807) is 0 Å². The summed E-state index contributed by atoms with van der Waals surface area (Å²) in [5.41, 5.74) is 17.0. The molecule has 15 aliphatic heterocycles. The van der Waals surface area contributed by atoms with Gasteiger partial charge >= 0.3 is 24.6 Å². The van der Waals surface area contributed by atoms with E-state index in [9.17, 15) is 0 Å². The maximum absolute atomic E-state index is 15.1. The standard InChI is InChI=1S/C92H104O12/c1-85(2,3)65-33-49-25-50-34-66(86(4,5)6)43-59-30-60-44-69(89(13,14)15)37-53-27-54-38-70(90(16,17)18)47-63(78(54)102-83(95)101-77(53)60)32-64-48-72(92(22,23)24)40-56-28-55-39-71(91(19,20)21)46-62(79(55)103-84(96)104-80(56)64)31-61-45-68(88(10,11)12)36-52-26-51-35-67(87(7,8)9)42-58(75(51)99-82(94)100-76(52)61)29-57(41-65)73(49)97-81(93)98-74(50)59/h33-48H,25-32H2,1-24H3. The van der Waals surface area contributed by atoms with Crippen LogP contribution in [-0.4, -0.2) is 24.6 Å². The van der Waals surface area contributed by atoms with Crippen molar-refractivity contribution >= 4 is 24.6 Å². The predicted octanol–water partition coefficient (Wildman–Crippen LogP) is 22.7. The Bertz CT molecular complexity index is 4020. The Hall–Kier alpha value is -9.16. The normalized spacial score (nSPS) is 15.7. The van der Waals surface area contributed by atoms with Crippen molar-refractivity contribution in [2.24, 2.45) is 0 Å². The molecule has 24 rings (SSSR count). The first-order valence-corrected chi connectivity index (χ1v) is 37.0. The van der Waals surface area contributed by atoms with Gasteiger partial charge in [-0.25, -0.2) is 19.2 Å². The highest BCUT2D eigenvalue weighted by Gasteiger charge is 2.38. The van der Waals surface area contributed by atoms with Crippen molar-refractivity contribution < 1.29 is 57.1 Å². The minimum atomic E-state index is -0.910. The summed E-state index contributed by atoms with van der Waals surface area (Å²) in [7, 11) is 0. The van der Waals surface area contributed by atoms with Crippen LogP contribution in [0.25, 0.3) is 0 Å². The van der Waals surface area contributed by atoms with Gasteiger partial charge in [0.2, 0.25) is 0 Å². The molecule has 0 N–H and O–H groups in total. The molecule has 0 unspecified atom stereocenters. The van der Waals surface area contributed by atoms with Crippen molar-refractivity contribution in [1.29, 1.82) is 0 Å². The summed E-state index contributed by atoms with van der Waals surface area (Å²) < 4.78 is 52.9. The SMILES string of the molecule is CC(C)(C)c1cc2c3c(c1)Cc1cc(C(C)(C)C)cc4c1OC(=O)Oc1c(cc(C(C)(C)C)cc1Cc1cc(C(C)(C)C)cc5c1OC(=O)Oc1c(cc(C(C)(C)C)cc1Cc1cc(C(C)(C)C)cc6c1OC(=O)Oc1c(cc(C(C)(C)C)cc1Cc1cc(C(C)(C)C)cc(c1OC(=O)O3)C2)C6)C5)C4. The van der Waals surface area contributed by atoms with Gasteiger partial charge in [0.1, 0.15) is 46.0 Å². The molecule has 12 heteroatoms. The van der Waals surface area contributed by atoms with E-state index in [2.05, 4.69) is 263 Å². The monoisotopic (exact) mass is 1400 g/mol. The van der Waals surface area contributed by atoms with Crippen LogP contribution in [-0.2, 0) is 94.7 Å². The quantitative estimate of drug-likeness (QED) is 0.105. The summed E-state index contributed by atoms with van der Waals surface area (Å²) in [6, 6.07) is 34.1. The molecule has 544 valence electrons. The zero-order chi connectivity index (χ0) is 75.4. The molecule has 8 aromatic rings. The zero-order valence-electron chi connectivity index (χ0n) is 65.8. The maximum atomic E-state index is 15.1. The summed E-state index contributed by atoms with van der Waals surface area (Å²) in [4.78, 5) is 60.4. The van der Waals surface area contributed by atoms with Gasteiger partial charge in [-0.15, -0.1) is 0 Å². The van der Waals surface area contributed by atoms with E-state index in [0.717, 1.165) is 89.0 Å². The highest BCUT2D eigenvalue weighted by molar-refractivity contribution is 5.78. The zero-order valence-corrected chi connectivity index (χ0v) is 65.8. The Morgan fingerprint density at radius 2 is 0.240 bits per heavy atom. The second kappa shape index (κ2) is 25.3. The van der Waals surface area contributed by atoms with Crippen molar-refractivity contribution in [3.05, 3.63) is 231 Å². The van der Waals surface area contributed by atoms with Gasteiger partial charge in [-0.1, -0.05) is 263 Å². The Morgan fingerprint density at radius 3 is 0.308 bits per heavy atom. The Labute approximate surface area is 615 Å². The lowest BCUT2D eigenvalue weighted by Gasteiger charge is -2.30. The molecule has 16 aliphatic rings. The molecule has 15 heterocycles. The van der Waals surface area contributed by atoms with Crippen LogP contribution in [0.5, 0.6) is 46.0 Å². The Balaban J connectivity index is 1.11. The van der Waals surface area contributed by atoms with Crippen LogP contribution in [0, 0.1) is 0 Å². The second-order valence-electron chi connectivity index (χ2n) is 38.2. The van der Waals surface area contributed by atoms with E-state index in [1.165, 1.54) is 0 Å². The molecule has 0 spiro atoms. The maximum Gasteiger partial charge on any atom is 0.519 e. The minimum Gasteiger partial charge on any atom is -0.394 e. The summed E-state index contributed by atoms with van der Waals surface area (Å²) >= 11 is 0. The smallest absolute Gasteiger partial charge is 0.394 e. The van der Waals surface area contributed by atoms with E-state index >= 15 is 19.2 Å². The van der Waals surface area contributed by atoms with Crippen LogP contribution in [0.2, 0.25) is 0 Å². The summed E-state index contributed by atoms with van der Waals surface area (Å²) in [5, 5.41) is 0. The number of carbonyl (C=O) groups excluding carboxylic acids is 4. The van der Waals surface area contributed by atoms with Crippen molar-refractivity contribution in [1.82, 2.24) is 0 Å². The molecular weight excluding hydrogens is 1300 g/mol. The number of hydrogen-bond acceptors (Lipinski definition) is 12. The first-order valence-electron chi connectivity index (χ1n) is 37.0. The van der Waals surface area contributed by atoms with Gasteiger partial charge in [0.25, 0.3) is 0 Å². The number of carbonyl (C=O) groups is 4. The van der Waals surface area contributed by atoms with Gasteiger partial charge in [0.05, 0.1) is 0 Å². The second-order valence-corrected chi connectivity index (χ2v) is 38.2. The van der Waals surface area contributed by atoms with E-state index < -0.39 is 24.6 Å². The molecule has 0 saturated heterocycles. The fourth-order valence-electron chi connectivity index (χ4n) is 15.0. The van der Waals surface area contributed by atoms with Crippen LogP contribution in [0.1, 0.15) is 300 Å². The van der Waals surface area contributed by atoms with Crippen LogP contribution in [0.3, 0.4) is 0 Å². The van der Waals surface area contributed by atoms with E-state index in [4.69, 9.17) is 37.9 Å². The van der Waals surface area contributed by atoms with Gasteiger partial charge in [0, 0.05) is 140 Å². The average Bonchev–Trinajstić information content (AvgIpc) is 0.764. The Kier molecular flexibility index (Phi) is 17.8. The summed E-state index contributed by atoms with van der Waals surface area (Å²) in [6.45, 7) is 52.2. The number of benzene rings is 8. The number of hydrogen-bond donors (Lipinski definition) is 0. The molecule has 1 aliphatic carbocycles. The van der Waals surface area contributed by atoms with Crippen LogP contribution < -0.4 is 37.9 Å². The van der Waals surface area contributed by atoms with E-state index in [-0.39, 0.29) is 69.0 Å². The van der Waals surface area contributed by atoms with E-state index in [1.807, 2.05) is 0 Å². The molecule has 104 heavy (non-hydrogen) atoms. The van der Waals surface area contributed by atoms with Gasteiger partial charge < -0.3 is 37.9 Å². The molecule has 8 aromatic carbocycles. The summed E-state index contributed by atoms with van der Waals surface area (Å²) in [5.74, 6) is 2.92. The van der Waals surface area contributed by atoms with Crippen LogP contribution in [0.4, 0.5) is 19.2 Å². The van der Waals surface area contributed by atoms with Crippen LogP contribution in [0.15, 0.2) is 97.1 Å². The fraction of sp³-hybridized carbons (Fsp3) is 0.435. The first-order chi connectivity index (χ1) is 48.1. The fourth-order valence-corrected chi connectivity index (χ4v) is 15.0. The molecule has 24 bridgehead atoms. The molecule has 0 radical (unpaired) electrons. The van der Waals surface area contributed by atoms with E-state index in [0.29, 0.717) is 116 Å². The molecule has 0 aromatic heterocycles. The predicted molar refractivity (Wildman–Crippen MR) is 410 cm³/mol. The highest BCUT2D eigenvalue weighted by Crippen LogP contribution is 2.50. The van der Waals surface area contributed by atoms with Gasteiger partial charge in [-0.2, -0.15) is 0 Å². The lowest BCUT2D eigenvalue weighted by Crippen LogP contribution is -2.24. The van der Waals surface area contributed by atoms with Crippen molar-refractivity contribution in [2.75, 3.05) is 0 Å². The summed E-state index contributed by atoms with van der Waals surface area (Å²) in [6.07, 6.45) is -1.57. The van der Waals surface area contributed by atoms with Gasteiger partial charge in [-0.05, 0) is 87.8 Å². The van der Waals surface area contributed by atoms with Crippen molar-refractivity contribution in [3.8, 4) is 46.0 Å². The van der Waals surface area contributed by atoms with Gasteiger partial charge in [-0.3, -0.25) is 0 Å². The lowest BCUT2D eigenvalue weighted by atomic mass is 9.79. The molecule has 0 atom stereocenters. The molecule has 0 saturated carbocycles. The Morgan fingerprint density at radius 1 is 0.163 bits per heavy atom. The molecule has 12 nitrogen and oxygen atoms in total. The van der Waals surface area contributed by atoms with Crippen molar-refractivity contribution in [3.63, 3.8) is 0 Å². The number of ether oxygens (including phenoxy) is 8. The number of rotatable bonds is 0. The molecular formula is C92H104O12. The first kappa shape index (κ1) is 73.2. The van der Waals surface area contributed by atoms with Crippen LogP contribution >= 0.6 is 0 Å². The third kappa shape index (κ3) is 14.7. The average molecular weight is 1400 g/mol. The van der Waals surface area contributed by atoms with Crippen molar-refractivity contribution in [2.45, 2.75) is 261 Å². The molecule has 0 fully saturated rings. The molecule has 0 amide bonds. The van der Waals surface area contributed by atoms with Gasteiger partial charge in [0.15, 0.2) is 0 Å². The minimum absolute atomic E-state index is 0.196. The highest BCUT2D eigenvalue weighted by atomic mass is 16.7. The third-order valence-corrected chi connectivity index (χ3v) is 21.4. The lowest BCUT2D eigenvalue weighted by molar-refractivity contribution is 0.148. The third-order valence-electron chi connectivity index (χ3n) is 21.4.